The van der Waals surface area contributed by atoms with E-state index in [2.05, 4.69) is 0 Å². The van der Waals surface area contributed by atoms with Crippen LogP contribution in [0.4, 0.5) is 13.2 Å². The minimum absolute atomic E-state index is 0.0842. The van der Waals surface area contributed by atoms with E-state index in [-0.39, 0.29) is 11.7 Å². The van der Waals surface area contributed by atoms with Crippen LogP contribution in [0.15, 0.2) is 0 Å². The van der Waals surface area contributed by atoms with Crippen LogP contribution in [0.2, 0.25) is 0 Å². The van der Waals surface area contributed by atoms with Gasteiger partial charge in [-0.05, 0) is 12.8 Å². The number of rotatable bonds is 9. The Morgan fingerprint density at radius 3 is 2.44 bits per heavy atom. The van der Waals surface area contributed by atoms with Gasteiger partial charge in [0.1, 0.15) is 5.25 Å². The Hall–Kier alpha value is -0.390. The standard InChI is InChI=1S/C12H21F3O2S/c1-3-5-6-10(11(16)17-8-4-2)18-9-7-12(13,14)15/h10H,3-9H2,1-2H3. The molecule has 0 rings (SSSR count). The number of halogens is 3. The molecule has 108 valence electrons. The lowest BCUT2D eigenvalue weighted by atomic mass is 10.2. The molecule has 0 amide bonds. The lowest BCUT2D eigenvalue weighted by Gasteiger charge is -2.15. The van der Waals surface area contributed by atoms with E-state index < -0.39 is 17.8 Å². The van der Waals surface area contributed by atoms with Gasteiger partial charge in [0.25, 0.3) is 0 Å². The van der Waals surface area contributed by atoms with E-state index in [9.17, 15) is 18.0 Å². The molecule has 0 aromatic carbocycles. The molecule has 0 saturated heterocycles. The van der Waals surface area contributed by atoms with Gasteiger partial charge < -0.3 is 4.74 Å². The maximum atomic E-state index is 12.0. The number of alkyl halides is 3. The van der Waals surface area contributed by atoms with E-state index in [1.165, 1.54) is 0 Å². The monoisotopic (exact) mass is 286 g/mol. The van der Waals surface area contributed by atoms with E-state index in [1.54, 1.807) is 0 Å². The predicted octanol–water partition coefficient (Wildman–Crippen LogP) is 4.18. The Kier molecular flexibility index (Phi) is 9.32. The second-order valence-corrected chi connectivity index (χ2v) is 5.34. The molecular weight excluding hydrogens is 265 g/mol. The Balaban J connectivity index is 4.09. The minimum atomic E-state index is -4.16. The quantitative estimate of drug-likeness (QED) is 0.595. The summed E-state index contributed by atoms with van der Waals surface area (Å²) in [7, 11) is 0. The summed E-state index contributed by atoms with van der Waals surface area (Å²) in [4.78, 5) is 11.6. The first-order chi connectivity index (χ1) is 8.40. The zero-order valence-corrected chi connectivity index (χ0v) is 11.7. The maximum Gasteiger partial charge on any atom is 0.389 e. The fourth-order valence-corrected chi connectivity index (χ4v) is 2.44. The lowest BCUT2D eigenvalue weighted by Crippen LogP contribution is -2.22. The van der Waals surface area contributed by atoms with Crippen LogP contribution in [0, 0.1) is 0 Å². The maximum absolute atomic E-state index is 12.0. The molecule has 0 bridgehead atoms. The Morgan fingerprint density at radius 1 is 1.28 bits per heavy atom. The summed E-state index contributed by atoms with van der Waals surface area (Å²) in [6, 6.07) is 0. The number of unbranched alkanes of at least 4 members (excludes halogenated alkanes) is 1. The highest BCUT2D eigenvalue weighted by Crippen LogP contribution is 2.26. The van der Waals surface area contributed by atoms with Crippen LogP contribution in [0.25, 0.3) is 0 Å². The highest BCUT2D eigenvalue weighted by molar-refractivity contribution is 8.00. The van der Waals surface area contributed by atoms with Gasteiger partial charge in [-0.3, -0.25) is 4.79 Å². The van der Waals surface area contributed by atoms with Crippen molar-refractivity contribution in [2.24, 2.45) is 0 Å². The first kappa shape index (κ1) is 17.6. The van der Waals surface area contributed by atoms with Crippen molar-refractivity contribution in [2.45, 2.75) is 57.4 Å². The Labute approximate surface area is 111 Å². The Bertz CT molecular complexity index is 232. The molecule has 0 aliphatic carbocycles. The highest BCUT2D eigenvalue weighted by atomic mass is 32.2. The van der Waals surface area contributed by atoms with Gasteiger partial charge in [-0.1, -0.05) is 26.7 Å². The number of thioether (sulfide) groups is 1. The summed E-state index contributed by atoms with van der Waals surface area (Å²) in [5.41, 5.74) is 0. The van der Waals surface area contributed by atoms with Crippen LogP contribution in [0.5, 0.6) is 0 Å². The van der Waals surface area contributed by atoms with Gasteiger partial charge >= 0.3 is 12.1 Å². The van der Waals surface area contributed by atoms with Crippen LogP contribution in [-0.4, -0.2) is 29.8 Å². The third kappa shape index (κ3) is 9.62. The summed E-state index contributed by atoms with van der Waals surface area (Å²) < 4.78 is 41.1. The van der Waals surface area contributed by atoms with E-state index >= 15 is 0 Å². The molecule has 0 aliphatic heterocycles. The van der Waals surface area contributed by atoms with Crippen molar-refractivity contribution in [1.29, 1.82) is 0 Å². The highest BCUT2D eigenvalue weighted by Gasteiger charge is 2.28. The summed E-state index contributed by atoms with van der Waals surface area (Å²) >= 11 is 1.05. The van der Waals surface area contributed by atoms with Crippen molar-refractivity contribution in [3.05, 3.63) is 0 Å². The van der Waals surface area contributed by atoms with Crippen LogP contribution in [0.1, 0.15) is 46.0 Å². The van der Waals surface area contributed by atoms with Crippen LogP contribution in [-0.2, 0) is 9.53 Å². The first-order valence-electron chi connectivity index (χ1n) is 6.25. The van der Waals surface area contributed by atoms with Gasteiger partial charge in [0.05, 0.1) is 13.0 Å². The molecule has 1 unspecified atom stereocenters. The average molecular weight is 286 g/mol. The van der Waals surface area contributed by atoms with Crippen molar-refractivity contribution in [1.82, 2.24) is 0 Å². The van der Waals surface area contributed by atoms with E-state index in [1.807, 2.05) is 13.8 Å². The smallest absolute Gasteiger partial charge is 0.389 e. The van der Waals surface area contributed by atoms with Gasteiger partial charge in [-0.2, -0.15) is 13.2 Å². The van der Waals surface area contributed by atoms with Crippen molar-refractivity contribution in [2.75, 3.05) is 12.4 Å². The van der Waals surface area contributed by atoms with Gasteiger partial charge in [0, 0.05) is 5.75 Å². The molecule has 0 fully saturated rings. The third-order valence-corrected chi connectivity index (χ3v) is 3.51. The summed E-state index contributed by atoms with van der Waals surface area (Å²) in [5.74, 6) is -0.462. The van der Waals surface area contributed by atoms with Crippen molar-refractivity contribution in [3.8, 4) is 0 Å². The molecule has 0 aliphatic rings. The van der Waals surface area contributed by atoms with E-state index in [0.717, 1.165) is 31.0 Å². The molecular formula is C12H21F3O2S. The lowest BCUT2D eigenvalue weighted by molar-refractivity contribution is -0.143. The molecule has 0 saturated carbocycles. The van der Waals surface area contributed by atoms with Crippen molar-refractivity contribution >= 4 is 17.7 Å². The molecule has 1 atom stereocenters. The zero-order valence-electron chi connectivity index (χ0n) is 10.9. The molecule has 0 N–H and O–H groups in total. The Morgan fingerprint density at radius 2 is 1.94 bits per heavy atom. The number of ether oxygens (including phenoxy) is 1. The normalized spacial score (nSPS) is 13.4. The number of hydrogen-bond donors (Lipinski definition) is 0. The average Bonchev–Trinajstić information content (AvgIpc) is 2.29. The second-order valence-electron chi connectivity index (χ2n) is 4.03. The molecule has 0 heterocycles. The first-order valence-corrected chi connectivity index (χ1v) is 7.30. The molecule has 2 nitrogen and oxygen atoms in total. The van der Waals surface area contributed by atoms with Crippen LogP contribution in [0.3, 0.4) is 0 Å². The minimum Gasteiger partial charge on any atom is -0.465 e. The SMILES string of the molecule is CCCCC(SCCC(F)(F)F)C(=O)OCCC. The van der Waals surface area contributed by atoms with Gasteiger partial charge in [0.15, 0.2) is 0 Å². The predicted molar refractivity (Wildman–Crippen MR) is 67.7 cm³/mol. The van der Waals surface area contributed by atoms with Crippen molar-refractivity contribution < 1.29 is 22.7 Å². The van der Waals surface area contributed by atoms with Crippen LogP contribution >= 0.6 is 11.8 Å². The van der Waals surface area contributed by atoms with Gasteiger partial charge in [0.2, 0.25) is 0 Å². The van der Waals surface area contributed by atoms with Gasteiger partial charge in [-0.25, -0.2) is 0 Å². The second kappa shape index (κ2) is 9.53. The molecule has 0 aromatic heterocycles. The number of carbonyl (C=O) groups excluding carboxylic acids is 1. The molecule has 6 heteroatoms. The van der Waals surface area contributed by atoms with E-state index in [0.29, 0.717) is 13.0 Å². The number of hydrogen-bond acceptors (Lipinski definition) is 3. The topological polar surface area (TPSA) is 26.3 Å². The summed E-state index contributed by atoms with van der Waals surface area (Å²) in [5, 5.41) is -0.459. The van der Waals surface area contributed by atoms with Crippen molar-refractivity contribution in [3.63, 3.8) is 0 Å². The van der Waals surface area contributed by atoms with Crippen LogP contribution < -0.4 is 0 Å². The largest absolute Gasteiger partial charge is 0.465 e. The number of carbonyl (C=O) groups is 1. The zero-order chi connectivity index (χ0) is 14.0. The molecule has 0 spiro atoms. The van der Waals surface area contributed by atoms with E-state index in [4.69, 9.17) is 4.74 Å². The molecule has 18 heavy (non-hydrogen) atoms. The molecule has 0 radical (unpaired) electrons. The fraction of sp³-hybridized carbons (Fsp3) is 0.917. The third-order valence-electron chi connectivity index (χ3n) is 2.24. The molecule has 0 aromatic rings. The fourth-order valence-electron chi connectivity index (χ4n) is 1.27. The summed E-state index contributed by atoms with van der Waals surface area (Å²) in [6.45, 7) is 4.20. The van der Waals surface area contributed by atoms with Gasteiger partial charge in [-0.15, -0.1) is 11.8 Å². The summed E-state index contributed by atoms with van der Waals surface area (Å²) in [6.07, 6.45) is -1.97. The number of esters is 1.